The molecule has 6 heteroatoms. The van der Waals surface area contributed by atoms with Gasteiger partial charge in [0, 0.05) is 32.4 Å². The summed E-state index contributed by atoms with van der Waals surface area (Å²) in [5, 5.41) is 2.85. The van der Waals surface area contributed by atoms with Crippen molar-refractivity contribution in [1.29, 1.82) is 0 Å². The summed E-state index contributed by atoms with van der Waals surface area (Å²) in [6.07, 6.45) is 0. The molecule has 0 aliphatic carbocycles. The Labute approximate surface area is 119 Å². The molecule has 0 bridgehead atoms. The van der Waals surface area contributed by atoms with E-state index >= 15 is 0 Å². The molecule has 0 saturated heterocycles. The molecule has 20 heavy (non-hydrogen) atoms. The zero-order valence-corrected chi connectivity index (χ0v) is 12.3. The van der Waals surface area contributed by atoms with E-state index in [0.717, 1.165) is 13.1 Å². The van der Waals surface area contributed by atoms with Gasteiger partial charge in [-0.3, -0.25) is 4.79 Å². The highest BCUT2D eigenvalue weighted by atomic mass is 16.5. The van der Waals surface area contributed by atoms with Crippen LogP contribution < -0.4 is 15.8 Å². The molecule has 6 nitrogen and oxygen atoms in total. The van der Waals surface area contributed by atoms with Crippen molar-refractivity contribution in [2.75, 3.05) is 53.2 Å². The number of hydrogen-bond donors (Lipinski definition) is 2. The average molecular weight is 281 g/mol. The van der Waals surface area contributed by atoms with Gasteiger partial charge in [-0.25, -0.2) is 0 Å². The second-order valence-electron chi connectivity index (χ2n) is 4.51. The lowest BCUT2D eigenvalue weighted by Crippen LogP contribution is -2.34. The number of carbonyl (C=O) groups excluding carboxylic acids is 1. The summed E-state index contributed by atoms with van der Waals surface area (Å²) in [7, 11) is 5.18. The monoisotopic (exact) mass is 281 g/mol. The number of nitrogens with two attached hydrogens (primary N) is 1. The van der Waals surface area contributed by atoms with Gasteiger partial charge in [-0.05, 0) is 25.2 Å². The summed E-state index contributed by atoms with van der Waals surface area (Å²) < 4.78 is 10.2. The molecular weight excluding hydrogens is 258 g/mol. The molecule has 0 aromatic heterocycles. The first-order valence-corrected chi connectivity index (χ1v) is 6.47. The third-order valence-corrected chi connectivity index (χ3v) is 2.92. The Bertz CT molecular complexity index is 438. The van der Waals surface area contributed by atoms with Gasteiger partial charge < -0.3 is 25.4 Å². The Morgan fingerprint density at radius 3 is 2.75 bits per heavy atom. The molecule has 0 fully saturated rings. The highest BCUT2D eigenvalue weighted by Crippen LogP contribution is 2.20. The van der Waals surface area contributed by atoms with Crippen LogP contribution in [0.15, 0.2) is 18.2 Å². The van der Waals surface area contributed by atoms with Crippen molar-refractivity contribution < 1.29 is 14.3 Å². The smallest absolute Gasteiger partial charge is 0.255 e. The average Bonchev–Trinajstić information content (AvgIpc) is 2.44. The van der Waals surface area contributed by atoms with Gasteiger partial charge in [-0.15, -0.1) is 0 Å². The standard InChI is InChI=1S/C14H23N3O3/c1-17(8-9-19-2)7-6-16-14(18)12-10-11(15)4-5-13(12)20-3/h4-5,10H,6-9,15H2,1-3H3,(H,16,18). The van der Waals surface area contributed by atoms with Crippen molar-refractivity contribution in [2.45, 2.75) is 0 Å². The van der Waals surface area contributed by atoms with E-state index in [4.69, 9.17) is 15.2 Å². The van der Waals surface area contributed by atoms with Crippen molar-refractivity contribution >= 4 is 11.6 Å². The van der Waals surface area contributed by atoms with Crippen molar-refractivity contribution in [1.82, 2.24) is 10.2 Å². The lowest BCUT2D eigenvalue weighted by atomic mass is 10.1. The van der Waals surface area contributed by atoms with E-state index < -0.39 is 0 Å². The van der Waals surface area contributed by atoms with Gasteiger partial charge >= 0.3 is 0 Å². The number of anilines is 1. The van der Waals surface area contributed by atoms with Crippen molar-refractivity contribution in [3.05, 3.63) is 23.8 Å². The van der Waals surface area contributed by atoms with E-state index in [1.807, 2.05) is 7.05 Å². The molecule has 3 N–H and O–H groups in total. The maximum absolute atomic E-state index is 12.1. The summed E-state index contributed by atoms with van der Waals surface area (Å²) in [5.74, 6) is 0.332. The van der Waals surface area contributed by atoms with Gasteiger partial charge in [-0.1, -0.05) is 0 Å². The number of ether oxygens (including phenoxy) is 2. The van der Waals surface area contributed by atoms with Crippen LogP contribution in [0.1, 0.15) is 10.4 Å². The largest absolute Gasteiger partial charge is 0.496 e. The molecule has 0 unspecified atom stereocenters. The minimum atomic E-state index is -0.186. The second-order valence-corrected chi connectivity index (χ2v) is 4.51. The molecule has 1 aromatic carbocycles. The van der Waals surface area contributed by atoms with Crippen LogP contribution in [0.3, 0.4) is 0 Å². The highest BCUT2D eigenvalue weighted by molar-refractivity contribution is 5.97. The van der Waals surface area contributed by atoms with E-state index in [1.165, 1.54) is 7.11 Å². The summed E-state index contributed by atoms with van der Waals surface area (Å²) in [5.41, 5.74) is 6.68. The van der Waals surface area contributed by atoms with Gasteiger partial charge in [0.2, 0.25) is 0 Å². The van der Waals surface area contributed by atoms with Crippen LogP contribution in [0.25, 0.3) is 0 Å². The fourth-order valence-electron chi connectivity index (χ4n) is 1.72. The summed E-state index contributed by atoms with van der Waals surface area (Å²) in [6, 6.07) is 5.01. The van der Waals surface area contributed by atoms with Crippen molar-refractivity contribution in [3.8, 4) is 5.75 Å². The molecule has 0 spiro atoms. The molecule has 0 aliphatic heterocycles. The van der Waals surface area contributed by atoms with E-state index in [9.17, 15) is 4.79 Å². The number of nitrogens with one attached hydrogen (secondary N) is 1. The van der Waals surface area contributed by atoms with E-state index in [0.29, 0.717) is 30.2 Å². The Morgan fingerprint density at radius 1 is 1.35 bits per heavy atom. The Kier molecular flexibility index (Phi) is 6.83. The summed E-state index contributed by atoms with van der Waals surface area (Å²) in [4.78, 5) is 14.2. The van der Waals surface area contributed by atoms with Crippen molar-refractivity contribution in [3.63, 3.8) is 0 Å². The number of likely N-dealkylation sites (N-methyl/N-ethyl adjacent to an activating group) is 1. The van der Waals surface area contributed by atoms with E-state index in [1.54, 1.807) is 25.3 Å². The number of nitrogen functional groups attached to an aromatic ring is 1. The van der Waals surface area contributed by atoms with E-state index in [2.05, 4.69) is 10.2 Å². The Balaban J connectivity index is 2.49. The Hall–Kier alpha value is -1.79. The quantitative estimate of drug-likeness (QED) is 0.682. The number of nitrogens with zero attached hydrogens (tertiary/aromatic N) is 1. The normalized spacial score (nSPS) is 10.6. The van der Waals surface area contributed by atoms with Crippen LogP contribution in [-0.2, 0) is 4.74 Å². The Morgan fingerprint density at radius 2 is 2.10 bits per heavy atom. The van der Waals surface area contributed by atoms with Crippen LogP contribution in [0, 0.1) is 0 Å². The molecule has 1 rings (SSSR count). The van der Waals surface area contributed by atoms with E-state index in [-0.39, 0.29) is 5.91 Å². The minimum Gasteiger partial charge on any atom is -0.496 e. The van der Waals surface area contributed by atoms with Crippen LogP contribution in [0.2, 0.25) is 0 Å². The SMILES string of the molecule is COCCN(C)CCNC(=O)c1cc(N)ccc1OC. The number of hydrogen-bond acceptors (Lipinski definition) is 5. The fraction of sp³-hybridized carbons (Fsp3) is 0.500. The van der Waals surface area contributed by atoms with Gasteiger partial charge in [0.25, 0.3) is 5.91 Å². The molecule has 0 atom stereocenters. The molecule has 0 saturated carbocycles. The predicted molar refractivity (Wildman–Crippen MR) is 79.1 cm³/mol. The minimum absolute atomic E-state index is 0.186. The van der Waals surface area contributed by atoms with Gasteiger partial charge in [0.05, 0.1) is 19.3 Å². The number of carbonyl (C=O) groups is 1. The van der Waals surface area contributed by atoms with Gasteiger partial charge in [-0.2, -0.15) is 0 Å². The fourth-order valence-corrected chi connectivity index (χ4v) is 1.72. The van der Waals surface area contributed by atoms with Gasteiger partial charge in [0.1, 0.15) is 5.75 Å². The lowest BCUT2D eigenvalue weighted by molar-refractivity contribution is 0.0944. The summed E-state index contributed by atoms with van der Waals surface area (Å²) >= 11 is 0. The number of methoxy groups -OCH3 is 2. The summed E-state index contributed by atoms with van der Waals surface area (Å²) in [6.45, 7) is 2.80. The van der Waals surface area contributed by atoms with Crippen molar-refractivity contribution in [2.24, 2.45) is 0 Å². The molecule has 0 heterocycles. The molecular formula is C14H23N3O3. The van der Waals surface area contributed by atoms with Crippen LogP contribution in [0.5, 0.6) is 5.75 Å². The number of rotatable bonds is 8. The maximum Gasteiger partial charge on any atom is 0.255 e. The third kappa shape index (κ3) is 5.07. The lowest BCUT2D eigenvalue weighted by Gasteiger charge is -2.16. The predicted octanol–water partition coefficient (Wildman–Crippen LogP) is 0.585. The number of benzene rings is 1. The second kappa shape index (κ2) is 8.39. The van der Waals surface area contributed by atoms with Crippen LogP contribution in [0.4, 0.5) is 5.69 Å². The zero-order chi connectivity index (χ0) is 15.0. The molecule has 0 radical (unpaired) electrons. The number of amides is 1. The molecule has 112 valence electrons. The molecule has 1 amide bonds. The van der Waals surface area contributed by atoms with Crippen LogP contribution in [-0.4, -0.2) is 58.3 Å². The zero-order valence-electron chi connectivity index (χ0n) is 12.3. The highest BCUT2D eigenvalue weighted by Gasteiger charge is 2.12. The molecule has 0 aliphatic rings. The topological polar surface area (TPSA) is 76.8 Å². The van der Waals surface area contributed by atoms with Gasteiger partial charge in [0.15, 0.2) is 0 Å². The molecule has 1 aromatic rings. The van der Waals surface area contributed by atoms with Crippen LogP contribution >= 0.6 is 0 Å². The third-order valence-electron chi connectivity index (χ3n) is 2.92. The maximum atomic E-state index is 12.1. The first-order chi connectivity index (χ1) is 9.58. The first kappa shape index (κ1) is 16.3. The first-order valence-electron chi connectivity index (χ1n) is 6.47.